The van der Waals surface area contributed by atoms with Crippen molar-refractivity contribution in [3.05, 3.63) is 29.8 Å². The lowest BCUT2D eigenvalue weighted by molar-refractivity contribution is -0.139. The van der Waals surface area contributed by atoms with Gasteiger partial charge in [0.15, 0.2) is 9.84 Å². The summed E-state index contributed by atoms with van der Waals surface area (Å²) >= 11 is 0. The average Bonchev–Trinajstić information content (AvgIpc) is 2.51. The zero-order chi connectivity index (χ0) is 12.6. The van der Waals surface area contributed by atoms with Crippen LogP contribution in [0.2, 0.25) is 0 Å². The van der Waals surface area contributed by atoms with Crippen LogP contribution in [0.25, 0.3) is 0 Å². The van der Waals surface area contributed by atoms with Crippen molar-refractivity contribution >= 4 is 15.8 Å². The van der Waals surface area contributed by atoms with Crippen LogP contribution >= 0.6 is 0 Å². The summed E-state index contributed by atoms with van der Waals surface area (Å²) in [5.41, 5.74) is 0.653. The van der Waals surface area contributed by atoms with E-state index < -0.39 is 27.9 Å². The van der Waals surface area contributed by atoms with Gasteiger partial charge in [-0.2, -0.15) is 0 Å². The Kier molecular flexibility index (Phi) is 2.92. The molecule has 0 saturated carbocycles. The molecule has 2 rings (SSSR count). The molecule has 6 heteroatoms. The third-order valence-corrected chi connectivity index (χ3v) is 4.65. The van der Waals surface area contributed by atoms with Gasteiger partial charge in [0.25, 0.3) is 0 Å². The Balaban J connectivity index is 2.33. The first-order valence-corrected chi connectivity index (χ1v) is 6.87. The number of sulfone groups is 1. The fourth-order valence-electron chi connectivity index (χ4n) is 1.96. The van der Waals surface area contributed by atoms with Crippen LogP contribution in [-0.4, -0.2) is 31.3 Å². The first kappa shape index (κ1) is 12.1. The van der Waals surface area contributed by atoms with Gasteiger partial charge in [-0.3, -0.25) is 10.1 Å². The van der Waals surface area contributed by atoms with Crippen LogP contribution < -0.4 is 5.32 Å². The molecule has 0 amide bonds. The van der Waals surface area contributed by atoms with Crippen molar-refractivity contribution in [1.29, 1.82) is 0 Å². The number of carboxylic acids is 1. The highest BCUT2D eigenvalue weighted by molar-refractivity contribution is 7.91. The summed E-state index contributed by atoms with van der Waals surface area (Å²) in [6.07, 6.45) is 0. The predicted octanol–water partition coefficient (Wildman–Crippen LogP) is 0.578. The molecule has 0 aromatic heterocycles. The van der Waals surface area contributed by atoms with Gasteiger partial charge in [-0.15, -0.1) is 0 Å². The van der Waals surface area contributed by atoms with Gasteiger partial charge in [0, 0.05) is 6.04 Å². The van der Waals surface area contributed by atoms with E-state index in [-0.39, 0.29) is 5.75 Å². The number of nitrogens with one attached hydrogen (secondary N) is 1. The van der Waals surface area contributed by atoms with Gasteiger partial charge in [0.05, 0.1) is 10.6 Å². The van der Waals surface area contributed by atoms with Gasteiger partial charge < -0.3 is 5.11 Å². The van der Waals surface area contributed by atoms with E-state index in [0.717, 1.165) is 0 Å². The predicted molar refractivity (Wildman–Crippen MR) is 61.5 cm³/mol. The number of carboxylic acid groups (broad SMARTS) is 1. The molecule has 2 unspecified atom stereocenters. The Hall–Kier alpha value is -1.40. The van der Waals surface area contributed by atoms with Crippen molar-refractivity contribution in [2.45, 2.75) is 23.9 Å². The zero-order valence-corrected chi connectivity index (χ0v) is 10.1. The lowest BCUT2D eigenvalue weighted by Crippen LogP contribution is -2.37. The molecule has 1 aliphatic rings. The van der Waals surface area contributed by atoms with Crippen LogP contribution in [0.4, 0.5) is 0 Å². The topological polar surface area (TPSA) is 83.5 Å². The summed E-state index contributed by atoms with van der Waals surface area (Å²) in [7, 11) is -3.28. The van der Waals surface area contributed by atoms with E-state index in [1.54, 1.807) is 24.3 Å². The van der Waals surface area contributed by atoms with Crippen LogP contribution in [0.1, 0.15) is 18.5 Å². The van der Waals surface area contributed by atoms with Gasteiger partial charge >= 0.3 is 5.97 Å². The molecule has 0 spiro atoms. The molecule has 2 N–H and O–H groups in total. The first-order valence-electron chi connectivity index (χ1n) is 5.22. The molecular formula is C11H13NO4S. The molecule has 1 heterocycles. The minimum absolute atomic E-state index is 0.0794. The first-order chi connectivity index (χ1) is 7.92. The molecule has 0 saturated heterocycles. The highest BCUT2D eigenvalue weighted by Crippen LogP contribution is 2.33. The largest absolute Gasteiger partial charge is 0.480 e. The summed E-state index contributed by atoms with van der Waals surface area (Å²) < 4.78 is 23.7. The van der Waals surface area contributed by atoms with E-state index in [2.05, 4.69) is 5.32 Å². The van der Waals surface area contributed by atoms with E-state index in [4.69, 9.17) is 5.11 Å². The molecule has 0 bridgehead atoms. The maximum atomic E-state index is 11.8. The molecule has 1 aliphatic heterocycles. The summed E-state index contributed by atoms with van der Waals surface area (Å²) in [5, 5.41) is 11.6. The van der Waals surface area contributed by atoms with Crippen molar-refractivity contribution in [2.24, 2.45) is 0 Å². The molecule has 17 heavy (non-hydrogen) atoms. The van der Waals surface area contributed by atoms with Gasteiger partial charge in [0.1, 0.15) is 6.04 Å². The molecule has 5 nitrogen and oxygen atoms in total. The second-order valence-corrected chi connectivity index (χ2v) is 6.10. The number of hydrogen-bond donors (Lipinski definition) is 2. The number of benzene rings is 1. The number of rotatable bonds is 3. The van der Waals surface area contributed by atoms with Crippen LogP contribution in [0.5, 0.6) is 0 Å². The van der Waals surface area contributed by atoms with Crippen molar-refractivity contribution in [3.63, 3.8) is 0 Å². The maximum Gasteiger partial charge on any atom is 0.320 e. The summed E-state index contributed by atoms with van der Waals surface area (Å²) in [4.78, 5) is 11.0. The summed E-state index contributed by atoms with van der Waals surface area (Å²) in [6, 6.07) is 5.46. The standard InChI is InChI=1S/C11H13NO4S/c1-7(11(13)14)12-9-6-17(15,16)10-5-3-2-4-8(9)10/h2-5,7,9,12H,6H2,1H3,(H,13,14). The van der Waals surface area contributed by atoms with Crippen LogP contribution in [0.15, 0.2) is 29.2 Å². The highest BCUT2D eigenvalue weighted by Gasteiger charge is 2.35. The molecule has 0 fully saturated rings. The lowest BCUT2D eigenvalue weighted by Gasteiger charge is -2.15. The van der Waals surface area contributed by atoms with Gasteiger partial charge in [0.2, 0.25) is 0 Å². The summed E-state index contributed by atoms with van der Waals surface area (Å²) in [6.45, 7) is 1.50. The Morgan fingerprint density at radius 3 is 2.76 bits per heavy atom. The van der Waals surface area contributed by atoms with Crippen LogP contribution in [-0.2, 0) is 14.6 Å². The van der Waals surface area contributed by atoms with E-state index >= 15 is 0 Å². The minimum Gasteiger partial charge on any atom is -0.480 e. The zero-order valence-electron chi connectivity index (χ0n) is 9.25. The summed E-state index contributed by atoms with van der Waals surface area (Å²) in [5.74, 6) is -1.07. The highest BCUT2D eigenvalue weighted by atomic mass is 32.2. The van der Waals surface area contributed by atoms with Crippen LogP contribution in [0, 0.1) is 0 Å². The van der Waals surface area contributed by atoms with E-state index in [9.17, 15) is 13.2 Å². The van der Waals surface area contributed by atoms with Crippen molar-refractivity contribution < 1.29 is 18.3 Å². The maximum absolute atomic E-state index is 11.8. The van der Waals surface area contributed by atoms with E-state index in [1.807, 2.05) is 0 Å². The molecule has 1 aromatic rings. The Morgan fingerprint density at radius 2 is 2.12 bits per heavy atom. The Bertz CT molecular complexity index is 552. The lowest BCUT2D eigenvalue weighted by atomic mass is 10.1. The molecule has 2 atom stereocenters. The normalized spacial score (nSPS) is 23.0. The fraction of sp³-hybridized carbons (Fsp3) is 0.364. The third-order valence-electron chi connectivity index (χ3n) is 2.84. The SMILES string of the molecule is CC(NC1CS(=O)(=O)c2ccccc21)C(=O)O. The molecule has 0 radical (unpaired) electrons. The van der Waals surface area contributed by atoms with Gasteiger partial charge in [-0.25, -0.2) is 8.42 Å². The molecule has 0 aliphatic carbocycles. The Morgan fingerprint density at radius 1 is 1.47 bits per heavy atom. The Labute approximate surface area is 99.4 Å². The molecule has 92 valence electrons. The second kappa shape index (κ2) is 4.12. The smallest absolute Gasteiger partial charge is 0.320 e. The van der Waals surface area contributed by atoms with Crippen molar-refractivity contribution in [1.82, 2.24) is 5.32 Å². The molecular weight excluding hydrogens is 242 g/mol. The third kappa shape index (κ3) is 2.18. The van der Waals surface area contributed by atoms with Gasteiger partial charge in [-0.1, -0.05) is 18.2 Å². The fourth-order valence-corrected chi connectivity index (χ4v) is 3.71. The van der Waals surface area contributed by atoms with E-state index in [0.29, 0.717) is 10.5 Å². The second-order valence-electron chi connectivity index (χ2n) is 4.10. The number of carbonyl (C=O) groups is 1. The van der Waals surface area contributed by atoms with Crippen LogP contribution in [0.3, 0.4) is 0 Å². The number of aliphatic carboxylic acids is 1. The monoisotopic (exact) mass is 255 g/mol. The minimum atomic E-state index is -3.28. The van der Waals surface area contributed by atoms with Crippen molar-refractivity contribution in [2.75, 3.05) is 5.75 Å². The van der Waals surface area contributed by atoms with E-state index in [1.165, 1.54) is 6.92 Å². The van der Waals surface area contributed by atoms with Gasteiger partial charge in [-0.05, 0) is 18.6 Å². The molecule has 1 aromatic carbocycles. The number of hydrogen-bond acceptors (Lipinski definition) is 4. The van der Waals surface area contributed by atoms with Crippen molar-refractivity contribution in [3.8, 4) is 0 Å². The number of fused-ring (bicyclic) bond motifs is 1. The average molecular weight is 255 g/mol. The quantitative estimate of drug-likeness (QED) is 0.825.